The predicted molar refractivity (Wildman–Crippen MR) is 107 cm³/mol. The Hall–Kier alpha value is -1.84. The molecule has 4 heteroatoms. The van der Waals surface area contributed by atoms with Gasteiger partial charge in [-0.05, 0) is 86.2 Å². The molecule has 1 aromatic rings. The monoisotopic (exact) mass is 369 g/mol. The minimum atomic E-state index is -0.922. The van der Waals surface area contributed by atoms with Gasteiger partial charge in [0.25, 0.3) is 0 Å². The fourth-order valence-electron chi connectivity index (χ4n) is 6.43. The van der Waals surface area contributed by atoms with Crippen molar-refractivity contribution in [1.29, 1.82) is 0 Å². The second-order valence-corrected chi connectivity index (χ2v) is 9.75. The van der Waals surface area contributed by atoms with Crippen molar-refractivity contribution in [1.82, 2.24) is 0 Å². The topological polar surface area (TPSA) is 69.9 Å². The Morgan fingerprint density at radius 3 is 2.19 bits per heavy atom. The van der Waals surface area contributed by atoms with Crippen molar-refractivity contribution in [3.63, 3.8) is 0 Å². The van der Waals surface area contributed by atoms with Gasteiger partial charge >= 0.3 is 5.97 Å². The largest absolute Gasteiger partial charge is 0.507 e. The van der Waals surface area contributed by atoms with E-state index in [2.05, 4.69) is 18.0 Å². The zero-order valence-electron chi connectivity index (χ0n) is 16.6. The first-order valence-electron chi connectivity index (χ1n) is 10.4. The van der Waals surface area contributed by atoms with Gasteiger partial charge in [-0.2, -0.15) is 0 Å². The lowest BCUT2D eigenvalue weighted by molar-refractivity contribution is -0.139. The normalized spacial score (nSPS) is 33.1. The number of aliphatic carboxylic acids is 1. The van der Waals surface area contributed by atoms with Crippen LogP contribution in [0.15, 0.2) is 17.1 Å². The van der Waals surface area contributed by atoms with Crippen LogP contribution in [0.3, 0.4) is 0 Å². The summed E-state index contributed by atoms with van der Waals surface area (Å²) in [5.74, 6) is 1.74. The Balaban J connectivity index is 1.71. The van der Waals surface area contributed by atoms with Gasteiger partial charge in [0.05, 0.1) is 0 Å². The lowest BCUT2D eigenvalue weighted by Crippen LogP contribution is -2.48. The van der Waals surface area contributed by atoms with E-state index in [9.17, 15) is 15.0 Å². The minimum Gasteiger partial charge on any atom is -0.507 e. The summed E-state index contributed by atoms with van der Waals surface area (Å²) in [5, 5.41) is 20.5. The molecule has 4 bridgehead atoms. The highest BCUT2D eigenvalue weighted by Gasteiger charge is 2.52. The molecular weight excluding hydrogens is 338 g/mol. The van der Waals surface area contributed by atoms with E-state index in [4.69, 9.17) is 0 Å². The number of carbonyl (C=O) groups is 1. The Morgan fingerprint density at radius 2 is 1.70 bits per heavy atom. The summed E-state index contributed by atoms with van der Waals surface area (Å²) in [4.78, 5) is 15.7. The molecule has 4 aliphatic rings. The Bertz CT molecular complexity index is 745. The van der Waals surface area contributed by atoms with Crippen molar-refractivity contribution in [3.8, 4) is 5.75 Å². The van der Waals surface area contributed by atoms with Crippen LogP contribution in [0.25, 0.3) is 0 Å². The Labute approximate surface area is 161 Å². The lowest BCUT2D eigenvalue weighted by atomic mass is 9.48. The molecule has 0 spiro atoms. The number of aryl methyl sites for hydroxylation is 1. The van der Waals surface area contributed by atoms with E-state index in [1.54, 1.807) is 6.21 Å². The van der Waals surface area contributed by atoms with Crippen LogP contribution in [-0.4, -0.2) is 28.4 Å². The van der Waals surface area contributed by atoms with Crippen LogP contribution in [0, 0.1) is 30.6 Å². The number of carboxylic acids is 1. The number of nitrogens with zero attached hydrogens (tertiary/aromatic N) is 1. The molecule has 0 aliphatic heterocycles. The summed E-state index contributed by atoms with van der Waals surface area (Å²) >= 11 is 0. The molecule has 0 saturated heterocycles. The van der Waals surface area contributed by atoms with E-state index in [-0.39, 0.29) is 11.3 Å². The number of aliphatic imine (C=N–C) groups is 1. The summed E-state index contributed by atoms with van der Waals surface area (Å²) in [6.45, 7) is 5.76. The van der Waals surface area contributed by atoms with Crippen molar-refractivity contribution < 1.29 is 15.0 Å². The molecule has 4 nitrogen and oxygen atoms in total. The van der Waals surface area contributed by atoms with Gasteiger partial charge in [0.15, 0.2) is 0 Å². The van der Waals surface area contributed by atoms with E-state index >= 15 is 0 Å². The standard InChI is InChI=1S/C23H31NO3/c1-13(2)20(22(26)27)24-12-18-4-14(3)5-19(21(18)25)23-9-15-6-16(10-23)8-17(7-15)11-23/h4-5,12-13,15-17,20,25H,6-11H2,1-3H3,(H,26,27)/t15?,16?,17?,20-,23?/m0/s1. The van der Waals surface area contributed by atoms with Gasteiger partial charge < -0.3 is 10.2 Å². The van der Waals surface area contributed by atoms with E-state index in [0.29, 0.717) is 11.3 Å². The second-order valence-electron chi connectivity index (χ2n) is 9.75. The number of carboxylic acid groups (broad SMARTS) is 1. The van der Waals surface area contributed by atoms with Crippen molar-refractivity contribution in [2.45, 2.75) is 70.8 Å². The summed E-state index contributed by atoms with van der Waals surface area (Å²) in [7, 11) is 0. The first-order chi connectivity index (χ1) is 12.8. The third kappa shape index (κ3) is 3.28. The van der Waals surface area contributed by atoms with Gasteiger partial charge in [-0.3, -0.25) is 4.99 Å². The van der Waals surface area contributed by atoms with Gasteiger partial charge in [0.2, 0.25) is 0 Å². The van der Waals surface area contributed by atoms with Crippen molar-refractivity contribution in [2.75, 3.05) is 0 Å². The van der Waals surface area contributed by atoms with Crippen LogP contribution < -0.4 is 0 Å². The van der Waals surface area contributed by atoms with Gasteiger partial charge in [-0.1, -0.05) is 19.9 Å². The van der Waals surface area contributed by atoms with Crippen LogP contribution in [-0.2, 0) is 10.2 Å². The first-order valence-corrected chi connectivity index (χ1v) is 10.4. The fourth-order valence-corrected chi connectivity index (χ4v) is 6.43. The van der Waals surface area contributed by atoms with E-state index in [1.165, 1.54) is 38.5 Å². The number of hydrogen-bond acceptors (Lipinski definition) is 3. The molecular formula is C23H31NO3. The lowest BCUT2D eigenvalue weighted by Gasteiger charge is -2.57. The molecule has 5 rings (SSSR count). The molecule has 1 aromatic carbocycles. The highest BCUT2D eigenvalue weighted by Crippen LogP contribution is 2.62. The SMILES string of the molecule is Cc1cc(C=N[C@H](C(=O)O)C(C)C)c(O)c(C23CC4CC(CC(C4)C2)C3)c1. The third-order valence-corrected chi connectivity index (χ3v) is 7.15. The molecule has 0 amide bonds. The number of aromatic hydroxyl groups is 1. The molecule has 146 valence electrons. The number of rotatable bonds is 5. The number of phenolic OH excluding ortho intramolecular Hbond substituents is 1. The molecule has 0 heterocycles. The molecule has 27 heavy (non-hydrogen) atoms. The summed E-state index contributed by atoms with van der Waals surface area (Å²) < 4.78 is 0. The summed E-state index contributed by atoms with van der Waals surface area (Å²) in [5.41, 5.74) is 2.96. The van der Waals surface area contributed by atoms with Crippen LogP contribution in [0.2, 0.25) is 0 Å². The summed E-state index contributed by atoms with van der Waals surface area (Å²) in [6, 6.07) is 3.30. The van der Waals surface area contributed by atoms with E-state index in [1.807, 2.05) is 19.9 Å². The molecule has 4 saturated carbocycles. The number of phenols is 1. The average Bonchev–Trinajstić information content (AvgIpc) is 2.55. The van der Waals surface area contributed by atoms with Gasteiger partial charge in [0, 0.05) is 17.3 Å². The molecule has 0 radical (unpaired) electrons. The van der Waals surface area contributed by atoms with Crippen molar-refractivity contribution in [2.24, 2.45) is 28.7 Å². The molecule has 4 fully saturated rings. The number of hydrogen-bond donors (Lipinski definition) is 2. The number of benzene rings is 1. The molecule has 0 aromatic heterocycles. The zero-order valence-corrected chi connectivity index (χ0v) is 16.6. The molecule has 2 N–H and O–H groups in total. The summed E-state index contributed by atoms with van der Waals surface area (Å²) in [6.07, 6.45) is 9.26. The maximum Gasteiger partial charge on any atom is 0.328 e. The zero-order chi connectivity index (χ0) is 19.3. The van der Waals surface area contributed by atoms with Crippen molar-refractivity contribution in [3.05, 3.63) is 28.8 Å². The van der Waals surface area contributed by atoms with Gasteiger partial charge in [0.1, 0.15) is 11.8 Å². The quantitative estimate of drug-likeness (QED) is 0.739. The van der Waals surface area contributed by atoms with E-state index < -0.39 is 12.0 Å². The first kappa shape index (κ1) is 18.5. The smallest absolute Gasteiger partial charge is 0.328 e. The Morgan fingerprint density at radius 1 is 1.15 bits per heavy atom. The highest BCUT2D eigenvalue weighted by atomic mass is 16.4. The molecule has 1 atom stereocenters. The fraction of sp³-hybridized carbons (Fsp3) is 0.652. The maximum absolute atomic E-state index is 11.4. The predicted octanol–water partition coefficient (Wildman–Crippen LogP) is 4.70. The van der Waals surface area contributed by atoms with Gasteiger partial charge in [-0.25, -0.2) is 4.79 Å². The van der Waals surface area contributed by atoms with Crippen LogP contribution in [0.5, 0.6) is 5.75 Å². The minimum absolute atomic E-state index is 0.0895. The third-order valence-electron chi connectivity index (χ3n) is 7.15. The van der Waals surface area contributed by atoms with Crippen LogP contribution >= 0.6 is 0 Å². The second kappa shape index (κ2) is 6.65. The van der Waals surface area contributed by atoms with E-state index in [0.717, 1.165) is 28.9 Å². The highest BCUT2D eigenvalue weighted by molar-refractivity contribution is 5.87. The van der Waals surface area contributed by atoms with Crippen LogP contribution in [0.1, 0.15) is 69.1 Å². The Kier molecular flexibility index (Phi) is 4.56. The van der Waals surface area contributed by atoms with Gasteiger partial charge in [-0.15, -0.1) is 0 Å². The van der Waals surface area contributed by atoms with Crippen molar-refractivity contribution >= 4 is 12.2 Å². The molecule has 4 aliphatic carbocycles. The maximum atomic E-state index is 11.4. The average molecular weight is 370 g/mol. The molecule has 0 unspecified atom stereocenters. The van der Waals surface area contributed by atoms with Crippen LogP contribution in [0.4, 0.5) is 0 Å².